The van der Waals surface area contributed by atoms with Crippen LogP contribution in [0.4, 0.5) is 4.79 Å². The van der Waals surface area contributed by atoms with E-state index in [-0.39, 0.29) is 11.9 Å². The summed E-state index contributed by atoms with van der Waals surface area (Å²) in [7, 11) is 0. The molecular weight excluding hydrogens is 320 g/mol. The van der Waals surface area contributed by atoms with Gasteiger partial charge < -0.3 is 16.0 Å². The maximum absolute atomic E-state index is 12.7. The third-order valence-electron chi connectivity index (χ3n) is 5.24. The molecule has 2 aliphatic rings. The monoisotopic (exact) mass is 344 g/mol. The molecule has 0 bridgehead atoms. The van der Waals surface area contributed by atoms with Crippen molar-refractivity contribution in [2.45, 2.75) is 38.3 Å². The van der Waals surface area contributed by atoms with Crippen molar-refractivity contribution in [2.24, 2.45) is 11.7 Å². The van der Waals surface area contributed by atoms with Crippen molar-refractivity contribution < 1.29 is 14.4 Å². The third kappa shape index (κ3) is 3.24. The average molecular weight is 344 g/mol. The first-order chi connectivity index (χ1) is 11.8. The van der Waals surface area contributed by atoms with E-state index >= 15 is 0 Å². The number of hydrogen-bond acceptors (Lipinski definition) is 4. The van der Waals surface area contributed by atoms with Gasteiger partial charge >= 0.3 is 6.03 Å². The van der Waals surface area contributed by atoms with Crippen molar-refractivity contribution in [3.63, 3.8) is 0 Å². The molecule has 25 heavy (non-hydrogen) atoms. The lowest BCUT2D eigenvalue weighted by Gasteiger charge is -2.34. The quantitative estimate of drug-likeness (QED) is 0.710. The highest BCUT2D eigenvalue weighted by atomic mass is 16.2. The van der Waals surface area contributed by atoms with Crippen molar-refractivity contribution in [3.05, 3.63) is 35.4 Å². The van der Waals surface area contributed by atoms with Gasteiger partial charge in [0.25, 0.3) is 11.8 Å². The minimum absolute atomic E-state index is 0.0260. The first kappa shape index (κ1) is 17.4. The fraction of sp³-hybridized carbons (Fsp3) is 0.500. The van der Waals surface area contributed by atoms with E-state index in [0.717, 1.165) is 19.4 Å². The Labute approximate surface area is 146 Å². The van der Waals surface area contributed by atoms with Crippen LogP contribution in [0.5, 0.6) is 0 Å². The summed E-state index contributed by atoms with van der Waals surface area (Å²) in [6.45, 7) is 5.03. The molecule has 0 saturated carbocycles. The molecule has 0 aliphatic carbocycles. The number of benzene rings is 1. The molecule has 4 N–H and O–H groups in total. The molecule has 2 aliphatic heterocycles. The number of nitrogens with two attached hydrogens (primary N) is 1. The molecule has 3 atom stereocenters. The predicted molar refractivity (Wildman–Crippen MR) is 92.7 cm³/mol. The van der Waals surface area contributed by atoms with E-state index in [2.05, 4.69) is 10.6 Å². The van der Waals surface area contributed by atoms with Crippen molar-refractivity contribution in [1.29, 1.82) is 0 Å². The second-order valence-corrected chi connectivity index (χ2v) is 7.12. The Morgan fingerprint density at radius 2 is 2.00 bits per heavy atom. The molecule has 0 radical (unpaired) electrons. The van der Waals surface area contributed by atoms with E-state index in [0.29, 0.717) is 23.6 Å². The number of carbonyl (C=O) groups is 3. The standard InChI is InChI=1S/C18H24N4O3/c1-11(19)13-4-3-9-22(10-13)15(23)12-5-7-14(8-6-12)18(2)16(24)20-17(25)21-18/h5-8,11,13H,3-4,9-10,19H2,1-2H3,(H2,20,21,24,25). The van der Waals surface area contributed by atoms with E-state index in [1.54, 1.807) is 31.2 Å². The number of piperidine rings is 1. The van der Waals surface area contributed by atoms with Crippen LogP contribution in [-0.2, 0) is 10.3 Å². The summed E-state index contributed by atoms with van der Waals surface area (Å²) in [6.07, 6.45) is 2.01. The van der Waals surface area contributed by atoms with Crippen LogP contribution in [0.3, 0.4) is 0 Å². The summed E-state index contributed by atoms with van der Waals surface area (Å²) in [5.74, 6) is -0.0948. The highest BCUT2D eigenvalue weighted by Crippen LogP contribution is 2.26. The van der Waals surface area contributed by atoms with Gasteiger partial charge in [0.15, 0.2) is 0 Å². The van der Waals surface area contributed by atoms with Gasteiger partial charge in [-0.3, -0.25) is 14.9 Å². The fourth-order valence-electron chi connectivity index (χ4n) is 3.50. The number of carbonyl (C=O) groups excluding carboxylic acids is 3. The Balaban J connectivity index is 1.75. The number of nitrogens with one attached hydrogen (secondary N) is 2. The van der Waals surface area contributed by atoms with E-state index in [1.165, 1.54) is 0 Å². The number of rotatable bonds is 3. The Morgan fingerprint density at radius 1 is 1.32 bits per heavy atom. The van der Waals surface area contributed by atoms with Crippen LogP contribution in [0.2, 0.25) is 0 Å². The molecular formula is C18H24N4O3. The summed E-state index contributed by atoms with van der Waals surface area (Å²) in [4.78, 5) is 38.0. The summed E-state index contributed by atoms with van der Waals surface area (Å²) in [5, 5.41) is 4.85. The van der Waals surface area contributed by atoms with Crippen LogP contribution in [-0.4, -0.2) is 41.9 Å². The molecule has 3 unspecified atom stereocenters. The lowest BCUT2D eigenvalue weighted by atomic mass is 9.90. The molecule has 7 heteroatoms. The number of likely N-dealkylation sites (tertiary alicyclic amines) is 1. The smallest absolute Gasteiger partial charge is 0.322 e. The lowest BCUT2D eigenvalue weighted by molar-refractivity contribution is -0.123. The molecule has 2 fully saturated rings. The summed E-state index contributed by atoms with van der Waals surface area (Å²) >= 11 is 0. The van der Waals surface area contributed by atoms with Gasteiger partial charge in [-0.1, -0.05) is 12.1 Å². The zero-order chi connectivity index (χ0) is 18.2. The van der Waals surface area contributed by atoms with Crippen LogP contribution >= 0.6 is 0 Å². The average Bonchev–Trinajstić information content (AvgIpc) is 2.87. The van der Waals surface area contributed by atoms with Crippen LogP contribution < -0.4 is 16.4 Å². The second kappa shape index (κ2) is 6.48. The number of amides is 4. The normalized spacial score (nSPS) is 27.6. The van der Waals surface area contributed by atoms with Gasteiger partial charge in [-0.15, -0.1) is 0 Å². The summed E-state index contributed by atoms with van der Waals surface area (Å²) in [5.41, 5.74) is 6.09. The Morgan fingerprint density at radius 3 is 2.56 bits per heavy atom. The van der Waals surface area contributed by atoms with E-state index in [1.807, 2.05) is 11.8 Å². The first-order valence-electron chi connectivity index (χ1n) is 8.60. The van der Waals surface area contributed by atoms with Crippen LogP contribution in [0.1, 0.15) is 42.6 Å². The number of imide groups is 1. The van der Waals surface area contributed by atoms with Gasteiger partial charge in [-0.05, 0) is 50.3 Å². The number of urea groups is 1. The van der Waals surface area contributed by atoms with Gasteiger partial charge in [0, 0.05) is 24.7 Å². The van der Waals surface area contributed by atoms with Crippen molar-refractivity contribution in [2.75, 3.05) is 13.1 Å². The topological polar surface area (TPSA) is 105 Å². The number of hydrogen-bond donors (Lipinski definition) is 3. The Kier molecular flexibility index (Phi) is 4.51. The molecule has 0 spiro atoms. The van der Waals surface area contributed by atoms with Gasteiger partial charge in [-0.2, -0.15) is 0 Å². The lowest BCUT2D eigenvalue weighted by Crippen LogP contribution is -2.45. The van der Waals surface area contributed by atoms with Crippen LogP contribution in [0, 0.1) is 5.92 Å². The Hall–Kier alpha value is -2.41. The van der Waals surface area contributed by atoms with E-state index in [4.69, 9.17) is 5.73 Å². The molecule has 3 rings (SSSR count). The summed E-state index contributed by atoms with van der Waals surface area (Å²) < 4.78 is 0. The van der Waals surface area contributed by atoms with Crippen molar-refractivity contribution in [1.82, 2.24) is 15.5 Å². The summed E-state index contributed by atoms with van der Waals surface area (Å²) in [6, 6.07) is 6.40. The molecule has 4 amide bonds. The fourth-order valence-corrected chi connectivity index (χ4v) is 3.50. The molecule has 2 saturated heterocycles. The van der Waals surface area contributed by atoms with Crippen LogP contribution in [0.15, 0.2) is 24.3 Å². The van der Waals surface area contributed by atoms with Gasteiger partial charge in [0.2, 0.25) is 0 Å². The highest BCUT2D eigenvalue weighted by Gasteiger charge is 2.43. The molecule has 1 aromatic carbocycles. The van der Waals surface area contributed by atoms with Gasteiger partial charge in [-0.25, -0.2) is 4.79 Å². The number of nitrogens with zero attached hydrogens (tertiary/aromatic N) is 1. The van der Waals surface area contributed by atoms with Crippen LogP contribution in [0.25, 0.3) is 0 Å². The van der Waals surface area contributed by atoms with Gasteiger partial charge in [0.05, 0.1) is 0 Å². The molecule has 2 heterocycles. The minimum atomic E-state index is -1.11. The van der Waals surface area contributed by atoms with E-state index in [9.17, 15) is 14.4 Å². The molecule has 134 valence electrons. The van der Waals surface area contributed by atoms with Crippen molar-refractivity contribution in [3.8, 4) is 0 Å². The zero-order valence-corrected chi connectivity index (χ0v) is 14.5. The molecule has 1 aromatic rings. The van der Waals surface area contributed by atoms with Gasteiger partial charge in [0.1, 0.15) is 5.54 Å². The zero-order valence-electron chi connectivity index (χ0n) is 14.5. The third-order valence-corrected chi connectivity index (χ3v) is 5.24. The Bertz CT molecular complexity index is 701. The molecule has 7 nitrogen and oxygen atoms in total. The maximum Gasteiger partial charge on any atom is 0.322 e. The minimum Gasteiger partial charge on any atom is -0.338 e. The first-order valence-corrected chi connectivity index (χ1v) is 8.60. The highest BCUT2D eigenvalue weighted by molar-refractivity contribution is 6.07. The largest absolute Gasteiger partial charge is 0.338 e. The maximum atomic E-state index is 12.7. The predicted octanol–water partition coefficient (Wildman–Crippen LogP) is 0.941. The van der Waals surface area contributed by atoms with Crippen molar-refractivity contribution >= 4 is 17.8 Å². The second-order valence-electron chi connectivity index (χ2n) is 7.12. The molecule has 0 aromatic heterocycles. The SMILES string of the molecule is CC(N)C1CCCN(C(=O)c2ccc(C3(C)NC(=O)NC3=O)cc2)C1. The van der Waals surface area contributed by atoms with E-state index < -0.39 is 17.5 Å².